The highest BCUT2D eigenvalue weighted by molar-refractivity contribution is 6.45. The Balaban J connectivity index is 2.05. The average Bonchev–Trinajstić information content (AvgIpc) is 3.41. The van der Waals surface area contributed by atoms with Crippen LogP contribution >= 0.6 is 0 Å². The lowest BCUT2D eigenvalue weighted by Gasteiger charge is -2.17. The number of carbonyl (C=O) groups excluding carboxylic acids is 1. The minimum Gasteiger partial charge on any atom is -0.411 e. The van der Waals surface area contributed by atoms with E-state index in [4.69, 9.17) is 21.3 Å². The predicted octanol–water partition coefficient (Wildman–Crippen LogP) is 3.12. The molecule has 0 aromatic heterocycles. The molecule has 28 heavy (non-hydrogen) atoms. The average molecular weight is 379 g/mol. The molecule has 4 N–H and O–H groups in total. The van der Waals surface area contributed by atoms with Crippen molar-refractivity contribution in [3.63, 3.8) is 0 Å². The van der Waals surface area contributed by atoms with Gasteiger partial charge in [0.2, 0.25) is 0 Å². The number of nitrogens with two attached hydrogens (primary N) is 2. The molecule has 1 aliphatic rings. The van der Waals surface area contributed by atoms with Crippen LogP contribution in [0.1, 0.15) is 37.0 Å². The molecule has 0 aliphatic heterocycles. The normalized spacial score (nSPS) is 22.3. The van der Waals surface area contributed by atoms with Gasteiger partial charge >= 0.3 is 0 Å². The van der Waals surface area contributed by atoms with Crippen LogP contribution in [0.2, 0.25) is 0 Å². The van der Waals surface area contributed by atoms with Crippen molar-refractivity contribution in [2.45, 2.75) is 25.7 Å². The molecule has 1 saturated carbocycles. The minimum absolute atomic E-state index is 0.0158. The Morgan fingerprint density at radius 1 is 1.11 bits per heavy atom. The molecule has 1 aliphatic carbocycles. The lowest BCUT2D eigenvalue weighted by Crippen LogP contribution is -2.26. The predicted molar refractivity (Wildman–Crippen MR) is 109 cm³/mol. The number of nitrogens with zero attached hydrogens (tertiary/aromatic N) is 1. The Morgan fingerprint density at radius 2 is 1.71 bits per heavy atom. The van der Waals surface area contributed by atoms with Gasteiger partial charge in [0.1, 0.15) is 7.11 Å². The number of primary amides is 1. The van der Waals surface area contributed by atoms with Crippen molar-refractivity contribution in [3.05, 3.63) is 76.9 Å². The summed E-state index contributed by atoms with van der Waals surface area (Å²) in [5, 5.41) is 3.79. The minimum atomic E-state index is -0.691. The molecule has 2 aromatic carbocycles. The third-order valence-electron chi connectivity index (χ3n) is 5.51. The summed E-state index contributed by atoms with van der Waals surface area (Å²) >= 11 is 0. The standard InChI is InChI=1S/C22H25N3O3/c1-14(18-13-22(18,2)15-9-5-4-6-10-15)20(28-24)17-12-8-7-11-16(17)19(21(23)26)25-27-3/h4-12,18H,13,24H2,1-3H3,(H2,23,26)/b20-14+,25-19-. The maximum absolute atomic E-state index is 11.9. The van der Waals surface area contributed by atoms with Crippen molar-refractivity contribution >= 4 is 17.4 Å². The number of rotatable bonds is 7. The first-order valence-electron chi connectivity index (χ1n) is 9.07. The van der Waals surface area contributed by atoms with Gasteiger partial charge in [0, 0.05) is 11.1 Å². The number of carbonyl (C=O) groups is 1. The van der Waals surface area contributed by atoms with Crippen LogP contribution in [0.4, 0.5) is 0 Å². The van der Waals surface area contributed by atoms with E-state index in [1.54, 1.807) is 12.1 Å². The fraction of sp³-hybridized carbons (Fsp3) is 0.273. The van der Waals surface area contributed by atoms with Gasteiger partial charge in [-0.3, -0.25) is 4.79 Å². The van der Waals surface area contributed by atoms with Crippen molar-refractivity contribution in [2.75, 3.05) is 7.11 Å². The molecule has 6 heteroatoms. The van der Waals surface area contributed by atoms with Gasteiger partial charge in [-0.05, 0) is 35.8 Å². The summed E-state index contributed by atoms with van der Waals surface area (Å²) in [5.41, 5.74) is 9.00. The molecular weight excluding hydrogens is 354 g/mol. The zero-order valence-electron chi connectivity index (χ0n) is 16.3. The van der Waals surface area contributed by atoms with Crippen LogP contribution in [0.5, 0.6) is 0 Å². The van der Waals surface area contributed by atoms with Gasteiger partial charge in [0.05, 0.1) is 0 Å². The summed E-state index contributed by atoms with van der Waals surface area (Å²) in [6.07, 6.45) is 0.993. The Morgan fingerprint density at radius 3 is 2.29 bits per heavy atom. The van der Waals surface area contributed by atoms with Gasteiger partial charge < -0.3 is 15.4 Å². The van der Waals surface area contributed by atoms with Gasteiger partial charge in [-0.2, -0.15) is 5.90 Å². The second-order valence-corrected chi connectivity index (χ2v) is 7.20. The molecular formula is C22H25N3O3. The summed E-state index contributed by atoms with van der Waals surface area (Å²) in [6, 6.07) is 17.6. The molecule has 2 unspecified atom stereocenters. The van der Waals surface area contributed by atoms with Gasteiger partial charge in [0.15, 0.2) is 11.5 Å². The van der Waals surface area contributed by atoms with E-state index in [-0.39, 0.29) is 17.0 Å². The van der Waals surface area contributed by atoms with Crippen molar-refractivity contribution in [2.24, 2.45) is 22.7 Å². The maximum Gasteiger partial charge on any atom is 0.271 e. The fourth-order valence-corrected chi connectivity index (χ4v) is 3.87. The van der Waals surface area contributed by atoms with E-state index in [9.17, 15) is 4.79 Å². The Bertz CT molecular complexity index is 937. The summed E-state index contributed by atoms with van der Waals surface area (Å²) in [6.45, 7) is 4.24. The van der Waals surface area contributed by atoms with Crippen LogP contribution < -0.4 is 11.6 Å². The van der Waals surface area contributed by atoms with Crippen LogP contribution in [0.15, 0.2) is 65.3 Å². The smallest absolute Gasteiger partial charge is 0.271 e. The Labute approximate surface area is 164 Å². The number of hydrogen-bond donors (Lipinski definition) is 2. The highest BCUT2D eigenvalue weighted by Crippen LogP contribution is 2.58. The van der Waals surface area contributed by atoms with Crippen LogP contribution in [0, 0.1) is 5.92 Å². The number of hydrogen-bond acceptors (Lipinski definition) is 5. The Hall–Kier alpha value is -3.12. The first kappa shape index (κ1) is 19.6. The second kappa shape index (κ2) is 7.86. The van der Waals surface area contributed by atoms with E-state index >= 15 is 0 Å². The molecule has 0 radical (unpaired) electrons. The number of benzene rings is 2. The monoisotopic (exact) mass is 379 g/mol. The van der Waals surface area contributed by atoms with Crippen molar-refractivity contribution < 1.29 is 14.5 Å². The Kier molecular flexibility index (Phi) is 5.51. The zero-order chi connectivity index (χ0) is 20.3. The van der Waals surface area contributed by atoms with Crippen LogP contribution in [0.3, 0.4) is 0 Å². The molecule has 2 aromatic rings. The third-order valence-corrected chi connectivity index (χ3v) is 5.51. The summed E-state index contributed by atoms with van der Waals surface area (Å²) in [5.74, 6) is 5.78. The fourth-order valence-electron chi connectivity index (χ4n) is 3.87. The lowest BCUT2D eigenvalue weighted by atomic mass is 9.91. The van der Waals surface area contributed by atoms with Gasteiger partial charge in [-0.25, -0.2) is 0 Å². The quantitative estimate of drug-likeness (QED) is 0.438. The van der Waals surface area contributed by atoms with E-state index in [0.717, 1.165) is 12.0 Å². The van der Waals surface area contributed by atoms with E-state index in [0.29, 0.717) is 16.9 Å². The number of amides is 1. The molecule has 0 heterocycles. The van der Waals surface area contributed by atoms with E-state index in [2.05, 4.69) is 24.2 Å². The summed E-state index contributed by atoms with van der Waals surface area (Å²) < 4.78 is 0. The SMILES string of the molecule is CO/N=C(\C(N)=O)c1ccccc1/C(ON)=C(/C)C1CC1(C)c1ccccc1. The molecule has 3 rings (SSSR count). The lowest BCUT2D eigenvalue weighted by molar-refractivity contribution is -0.112. The largest absolute Gasteiger partial charge is 0.411 e. The second-order valence-electron chi connectivity index (χ2n) is 7.20. The van der Waals surface area contributed by atoms with Gasteiger partial charge in [0.25, 0.3) is 5.91 Å². The third kappa shape index (κ3) is 3.51. The molecule has 6 nitrogen and oxygen atoms in total. The highest BCUT2D eigenvalue weighted by atomic mass is 16.6. The van der Waals surface area contributed by atoms with Crippen LogP contribution in [-0.2, 0) is 19.9 Å². The molecule has 0 saturated heterocycles. The molecule has 1 fully saturated rings. The molecule has 2 atom stereocenters. The zero-order valence-corrected chi connectivity index (χ0v) is 16.3. The summed E-state index contributed by atoms with van der Waals surface area (Å²) in [7, 11) is 1.36. The van der Waals surface area contributed by atoms with E-state index < -0.39 is 5.91 Å². The van der Waals surface area contributed by atoms with E-state index in [1.807, 2.05) is 37.3 Å². The van der Waals surface area contributed by atoms with Crippen LogP contribution in [-0.4, -0.2) is 18.7 Å². The van der Waals surface area contributed by atoms with Gasteiger partial charge in [-0.15, -0.1) is 0 Å². The number of allylic oxidation sites excluding steroid dienone is 1. The molecule has 146 valence electrons. The van der Waals surface area contributed by atoms with Crippen molar-refractivity contribution in [1.82, 2.24) is 0 Å². The topological polar surface area (TPSA) is 99.9 Å². The maximum atomic E-state index is 11.9. The van der Waals surface area contributed by atoms with Crippen LogP contribution in [0.25, 0.3) is 5.76 Å². The number of oxime groups is 1. The summed E-state index contributed by atoms with van der Waals surface area (Å²) in [4.78, 5) is 22.0. The van der Waals surface area contributed by atoms with E-state index in [1.165, 1.54) is 12.7 Å². The van der Waals surface area contributed by atoms with Crippen molar-refractivity contribution in [1.29, 1.82) is 0 Å². The first-order valence-corrected chi connectivity index (χ1v) is 9.07. The highest BCUT2D eigenvalue weighted by Gasteiger charge is 2.52. The molecule has 1 amide bonds. The first-order chi connectivity index (χ1) is 13.4. The molecule has 0 spiro atoms. The van der Waals surface area contributed by atoms with Crippen molar-refractivity contribution in [3.8, 4) is 0 Å². The molecule has 0 bridgehead atoms. The van der Waals surface area contributed by atoms with Gasteiger partial charge in [-0.1, -0.05) is 66.7 Å².